The Labute approximate surface area is 215 Å². The van der Waals surface area contributed by atoms with Crippen LogP contribution in [0.2, 0.25) is 10.0 Å². The Morgan fingerprint density at radius 2 is 1.56 bits per heavy atom. The predicted octanol–water partition coefficient (Wildman–Crippen LogP) is 5.08. The zero-order chi connectivity index (χ0) is 24.8. The summed E-state index contributed by atoms with van der Waals surface area (Å²) >= 11 is 12.4. The third-order valence-electron chi connectivity index (χ3n) is 6.12. The second kappa shape index (κ2) is 9.13. The van der Waals surface area contributed by atoms with Crippen LogP contribution in [0.5, 0.6) is 6.01 Å². The van der Waals surface area contributed by atoms with Crippen LogP contribution in [0.1, 0.15) is 26.9 Å². The minimum atomic E-state index is -0.836. The normalized spacial score (nSPS) is 22.1. The first-order valence-electron chi connectivity index (χ1n) is 11.2. The molecule has 6 rings (SSSR count). The first-order valence-corrected chi connectivity index (χ1v) is 11.9. The average Bonchev–Trinajstić information content (AvgIpc) is 3.35. The number of benzene rings is 3. The molecule has 0 spiro atoms. The fourth-order valence-corrected chi connectivity index (χ4v) is 4.73. The van der Waals surface area contributed by atoms with Gasteiger partial charge in [-0.15, -0.1) is 0 Å². The van der Waals surface area contributed by atoms with Gasteiger partial charge in [-0.25, -0.2) is 9.59 Å². The van der Waals surface area contributed by atoms with Crippen LogP contribution in [0.3, 0.4) is 0 Å². The number of nitrogens with zero attached hydrogens (tertiary/aromatic N) is 2. The van der Waals surface area contributed by atoms with Crippen LogP contribution in [0.15, 0.2) is 72.8 Å². The molecule has 3 aromatic carbocycles. The summed E-state index contributed by atoms with van der Waals surface area (Å²) in [4.78, 5) is 29.9. The van der Waals surface area contributed by atoms with Crippen molar-refractivity contribution >= 4 is 46.2 Å². The summed E-state index contributed by atoms with van der Waals surface area (Å²) in [5, 5.41) is 0.682. The van der Waals surface area contributed by atoms with Gasteiger partial charge in [-0.1, -0.05) is 59.6 Å². The van der Waals surface area contributed by atoms with Crippen molar-refractivity contribution < 1.29 is 28.5 Å². The highest BCUT2D eigenvalue weighted by Crippen LogP contribution is 2.44. The lowest BCUT2D eigenvalue weighted by atomic mass is 10.1. The number of hydrogen-bond acceptors (Lipinski definition) is 7. The van der Waals surface area contributed by atoms with Crippen molar-refractivity contribution in [2.45, 2.75) is 24.5 Å². The van der Waals surface area contributed by atoms with Crippen LogP contribution in [0, 0.1) is 0 Å². The van der Waals surface area contributed by atoms with Gasteiger partial charge in [0.05, 0.1) is 32.2 Å². The Morgan fingerprint density at radius 1 is 0.917 bits per heavy atom. The summed E-state index contributed by atoms with van der Waals surface area (Å²) in [6.45, 7) is -0.108. The molecule has 1 aromatic heterocycles. The molecule has 0 radical (unpaired) electrons. The van der Waals surface area contributed by atoms with Gasteiger partial charge in [-0.05, 0) is 36.4 Å². The summed E-state index contributed by atoms with van der Waals surface area (Å²) < 4.78 is 25.5. The number of rotatable bonds is 5. The number of hydrogen-bond donors (Lipinski definition) is 0. The quantitative estimate of drug-likeness (QED) is 0.336. The number of carbonyl (C=O) groups excluding carboxylic acids is 2. The van der Waals surface area contributed by atoms with Gasteiger partial charge >= 0.3 is 11.9 Å². The number of imidazole rings is 1. The number of fused-ring (bicyclic) bond motifs is 6. The van der Waals surface area contributed by atoms with Crippen LogP contribution in [0.4, 0.5) is 0 Å². The molecule has 0 unspecified atom stereocenters. The number of carbonyl (C=O) groups is 2. The standard InChI is InChI=1S/C26H18Cl2N2O6/c27-16-11-18-19(12-17(16)28)30-23-22(35-25(32)15-9-5-2-6-10-15)21(36-26(30)29-18)20(34-23)13-33-24(31)14-7-3-1-4-8-14/h1-12,20-23H,13H2/t20-,21-,22+,23-/m0/s1. The van der Waals surface area contributed by atoms with Crippen LogP contribution >= 0.6 is 23.2 Å². The van der Waals surface area contributed by atoms with E-state index in [0.29, 0.717) is 32.2 Å². The molecule has 10 heteroatoms. The lowest BCUT2D eigenvalue weighted by Crippen LogP contribution is -2.45. The van der Waals surface area contributed by atoms with Crippen molar-refractivity contribution in [2.75, 3.05) is 6.61 Å². The summed E-state index contributed by atoms with van der Waals surface area (Å²) in [6.07, 6.45) is -3.09. The number of halogens is 2. The monoisotopic (exact) mass is 524 g/mol. The second-order valence-corrected chi connectivity index (χ2v) is 9.18. The highest BCUT2D eigenvalue weighted by atomic mass is 35.5. The van der Waals surface area contributed by atoms with Gasteiger partial charge < -0.3 is 18.9 Å². The van der Waals surface area contributed by atoms with Gasteiger partial charge in [-0.2, -0.15) is 4.98 Å². The Kier molecular flexibility index (Phi) is 5.79. The maximum absolute atomic E-state index is 12.9. The zero-order valence-corrected chi connectivity index (χ0v) is 20.1. The Balaban J connectivity index is 1.31. The van der Waals surface area contributed by atoms with Crippen molar-refractivity contribution in [1.29, 1.82) is 0 Å². The van der Waals surface area contributed by atoms with E-state index < -0.39 is 36.5 Å². The molecule has 1 fully saturated rings. The molecule has 4 atom stereocenters. The van der Waals surface area contributed by atoms with Crippen molar-refractivity contribution in [2.24, 2.45) is 0 Å². The van der Waals surface area contributed by atoms with Gasteiger partial charge in [-0.3, -0.25) is 4.57 Å². The summed E-state index contributed by atoms with van der Waals surface area (Å²) in [5.74, 6) is -1.03. The van der Waals surface area contributed by atoms with E-state index in [4.69, 9.17) is 42.1 Å². The molecule has 36 heavy (non-hydrogen) atoms. The molecule has 8 nitrogen and oxygen atoms in total. The van der Waals surface area contributed by atoms with Crippen molar-refractivity contribution in [3.05, 3.63) is 94.0 Å². The fourth-order valence-electron chi connectivity index (χ4n) is 4.42. The van der Waals surface area contributed by atoms with Crippen LogP contribution in [-0.2, 0) is 14.2 Å². The number of ether oxygens (including phenoxy) is 4. The molecule has 0 saturated carbocycles. The van der Waals surface area contributed by atoms with E-state index in [9.17, 15) is 9.59 Å². The summed E-state index contributed by atoms with van der Waals surface area (Å²) in [6, 6.07) is 20.8. The first kappa shape index (κ1) is 22.8. The maximum Gasteiger partial charge on any atom is 0.338 e. The third-order valence-corrected chi connectivity index (χ3v) is 6.84. The van der Waals surface area contributed by atoms with Crippen LogP contribution in [-0.4, -0.2) is 46.4 Å². The van der Waals surface area contributed by atoms with Gasteiger partial charge in [0.15, 0.2) is 18.4 Å². The van der Waals surface area contributed by atoms with Crippen molar-refractivity contribution in [3.63, 3.8) is 0 Å². The van der Waals surface area contributed by atoms with E-state index in [-0.39, 0.29) is 12.6 Å². The molecule has 4 aromatic rings. The van der Waals surface area contributed by atoms with E-state index in [0.717, 1.165) is 0 Å². The van der Waals surface area contributed by atoms with Gasteiger partial charge in [0.1, 0.15) is 12.7 Å². The number of esters is 2. The molecule has 0 amide bonds. The zero-order valence-electron chi connectivity index (χ0n) is 18.5. The van der Waals surface area contributed by atoms with Crippen LogP contribution < -0.4 is 4.74 Å². The molecular formula is C26H18Cl2N2O6. The van der Waals surface area contributed by atoms with Crippen LogP contribution in [0.25, 0.3) is 11.0 Å². The second-order valence-electron chi connectivity index (χ2n) is 8.37. The number of aromatic nitrogens is 2. The van der Waals surface area contributed by atoms with E-state index in [1.807, 2.05) is 12.1 Å². The fraction of sp³-hybridized carbons (Fsp3) is 0.192. The highest BCUT2D eigenvalue weighted by Gasteiger charge is 2.55. The minimum Gasteiger partial charge on any atom is -0.459 e. The highest BCUT2D eigenvalue weighted by molar-refractivity contribution is 6.42. The Bertz CT molecular complexity index is 1460. The Morgan fingerprint density at radius 3 is 2.25 bits per heavy atom. The van der Waals surface area contributed by atoms with Crippen molar-refractivity contribution in [3.8, 4) is 6.01 Å². The topological polar surface area (TPSA) is 88.9 Å². The van der Waals surface area contributed by atoms with Gasteiger partial charge in [0, 0.05) is 0 Å². The molecule has 2 aliphatic heterocycles. The molecule has 0 N–H and O–H groups in total. The minimum absolute atomic E-state index is 0.108. The Hall–Kier alpha value is -3.59. The summed E-state index contributed by atoms with van der Waals surface area (Å²) in [7, 11) is 0. The van der Waals surface area contributed by atoms with E-state index in [1.54, 1.807) is 65.2 Å². The first-order chi connectivity index (χ1) is 17.5. The maximum atomic E-state index is 12.9. The third kappa shape index (κ3) is 3.97. The van der Waals surface area contributed by atoms with Gasteiger partial charge in [0.25, 0.3) is 6.01 Å². The molecule has 0 aliphatic carbocycles. The lowest BCUT2D eigenvalue weighted by molar-refractivity contribution is -0.0640. The molecule has 1 saturated heterocycles. The largest absolute Gasteiger partial charge is 0.459 e. The molecule has 2 bridgehead atoms. The van der Waals surface area contributed by atoms with Crippen molar-refractivity contribution in [1.82, 2.24) is 9.55 Å². The van der Waals surface area contributed by atoms with E-state index in [1.165, 1.54) is 0 Å². The lowest BCUT2D eigenvalue weighted by Gasteiger charge is -2.30. The average molecular weight is 525 g/mol. The molecule has 2 aliphatic rings. The molecule has 182 valence electrons. The smallest absolute Gasteiger partial charge is 0.338 e. The van der Waals surface area contributed by atoms with E-state index in [2.05, 4.69) is 4.98 Å². The predicted molar refractivity (Wildman–Crippen MR) is 130 cm³/mol. The molecular weight excluding hydrogens is 507 g/mol. The SMILES string of the molecule is O=C(OC[C@@H]1O[C@H]2[C@H](OC(=O)c3ccccc3)[C@H]1Oc1nc3cc(Cl)c(Cl)cc3n12)c1ccccc1. The molecule has 3 heterocycles. The van der Waals surface area contributed by atoms with Gasteiger partial charge in [0.2, 0.25) is 0 Å². The van der Waals surface area contributed by atoms with E-state index >= 15 is 0 Å². The summed E-state index contributed by atoms with van der Waals surface area (Å²) in [5.41, 5.74) is 1.96.